The Bertz CT molecular complexity index is 2450. The molecule has 43 heavy (non-hydrogen) atoms. The molecule has 2 aromatic heterocycles. The van der Waals surface area contributed by atoms with Crippen LogP contribution in [0.5, 0.6) is 0 Å². The van der Waals surface area contributed by atoms with Gasteiger partial charge in [-0.25, -0.2) is 4.98 Å². The quantitative estimate of drug-likeness (QED) is 0.158. The normalized spacial score (nSPS) is 13.6. The molecule has 3 heteroatoms. The molecule has 0 spiro atoms. The first-order valence-corrected chi connectivity index (χ1v) is 15.9. The summed E-state index contributed by atoms with van der Waals surface area (Å²) in [5, 5.41) is 6.76. The zero-order chi connectivity index (χ0) is 31.9. The molecule has 0 unspecified atom stereocenters. The van der Waals surface area contributed by atoms with Gasteiger partial charge in [0.15, 0.2) is 11.0 Å². The third-order valence-corrected chi connectivity index (χ3v) is 10.1. The van der Waals surface area contributed by atoms with Crippen molar-refractivity contribution in [2.45, 2.75) is 46.4 Å². The summed E-state index contributed by atoms with van der Waals surface area (Å²) in [6.07, 6.45) is 0. The number of aromatic nitrogens is 2. The first-order chi connectivity index (χ1) is 22.1. The average molecular weight is 579 g/mol. The fourth-order valence-corrected chi connectivity index (χ4v) is 8.06. The maximum absolute atomic E-state index is 7.88. The first-order valence-electron chi connectivity index (χ1n) is 16.6. The van der Waals surface area contributed by atoms with Crippen LogP contribution in [-0.4, -0.2) is 4.98 Å². The lowest BCUT2D eigenvalue weighted by Crippen LogP contribution is -2.35. The van der Waals surface area contributed by atoms with Gasteiger partial charge >= 0.3 is 0 Å². The van der Waals surface area contributed by atoms with Crippen LogP contribution >= 0.6 is 11.3 Å². The number of thiophene rings is 1. The number of nitrogens with one attached hydrogen (secondary N) is 1. The Hall–Kier alpha value is -4.47. The zero-order valence-electron chi connectivity index (χ0n) is 27.8. The van der Waals surface area contributed by atoms with Gasteiger partial charge in [-0.2, -0.15) is 4.57 Å². The number of fused-ring (bicyclic) bond motifs is 7. The zero-order valence-corrected chi connectivity index (χ0v) is 25.6. The van der Waals surface area contributed by atoms with Crippen molar-refractivity contribution in [2.24, 2.45) is 0 Å². The van der Waals surface area contributed by atoms with E-state index in [9.17, 15) is 0 Å². The van der Waals surface area contributed by atoms with Crippen molar-refractivity contribution in [1.29, 1.82) is 0 Å². The summed E-state index contributed by atoms with van der Waals surface area (Å²) in [6.45, 7) is 7.00. The Morgan fingerprint density at radius 2 is 1.42 bits per heavy atom. The van der Waals surface area contributed by atoms with Crippen LogP contribution in [0.15, 0.2) is 103 Å². The second-order valence-corrected chi connectivity index (χ2v) is 13.3. The van der Waals surface area contributed by atoms with Crippen molar-refractivity contribution < 1.29 is 8.68 Å². The van der Waals surface area contributed by atoms with Crippen LogP contribution in [0.4, 0.5) is 0 Å². The minimum Gasteiger partial charge on any atom is -0.236 e. The van der Waals surface area contributed by atoms with Crippen molar-refractivity contribution in [3.63, 3.8) is 0 Å². The van der Waals surface area contributed by atoms with Gasteiger partial charge in [0.2, 0.25) is 0 Å². The van der Waals surface area contributed by atoms with Crippen molar-refractivity contribution in [3.05, 3.63) is 120 Å². The molecule has 0 aliphatic rings. The molecule has 1 N–H and O–H groups in total. The molecule has 2 nitrogen and oxygen atoms in total. The van der Waals surface area contributed by atoms with Crippen LogP contribution < -0.4 is 4.57 Å². The fraction of sp³-hybridized carbons (Fsp3) is 0.175. The number of aromatic amines is 1. The summed E-state index contributed by atoms with van der Waals surface area (Å²) in [5.41, 5.74) is 7.77. The van der Waals surface area contributed by atoms with Crippen LogP contribution in [0.3, 0.4) is 0 Å². The molecule has 6 aromatic carbocycles. The number of H-pyrrole nitrogens is 1. The lowest BCUT2D eigenvalue weighted by Gasteiger charge is -2.18. The van der Waals surface area contributed by atoms with Gasteiger partial charge in [-0.1, -0.05) is 106 Å². The molecule has 0 atom stereocenters. The highest BCUT2D eigenvalue weighted by atomic mass is 32.1. The molecular weight excluding hydrogens is 541 g/mol. The molecule has 0 saturated heterocycles. The van der Waals surface area contributed by atoms with E-state index in [1.807, 2.05) is 29.5 Å². The number of aryl methyl sites for hydroxylation is 1. The average Bonchev–Trinajstić information content (AvgIpc) is 3.60. The number of benzene rings is 6. The molecule has 0 fully saturated rings. The SMILES string of the molecule is [2H]C([2H])([2H])c1ccc2c(ccc3cc4sc5c(-c6[nH]c7ccccc7[n+]6-c6c(C(C)C)cccc6C(C)C)cccc5c4cc32)c1. The highest BCUT2D eigenvalue weighted by Crippen LogP contribution is 2.42. The number of hydrogen-bond donors (Lipinski definition) is 1. The van der Waals surface area contributed by atoms with E-state index < -0.39 is 6.85 Å². The Morgan fingerprint density at radius 1 is 0.674 bits per heavy atom. The summed E-state index contributed by atoms with van der Waals surface area (Å²) in [7, 11) is 0. The number of para-hydroxylation sites is 3. The van der Waals surface area contributed by atoms with Gasteiger partial charge in [-0.05, 0) is 70.6 Å². The molecule has 8 rings (SSSR count). The largest absolute Gasteiger partial charge is 0.294 e. The molecule has 0 amide bonds. The lowest BCUT2D eigenvalue weighted by molar-refractivity contribution is -0.556. The van der Waals surface area contributed by atoms with Gasteiger partial charge < -0.3 is 0 Å². The Kier molecular flexibility index (Phi) is 5.25. The molecule has 210 valence electrons. The van der Waals surface area contributed by atoms with Gasteiger partial charge in [0, 0.05) is 30.7 Å². The molecule has 0 bridgehead atoms. The number of hydrogen-bond acceptors (Lipinski definition) is 1. The molecule has 8 aromatic rings. The van der Waals surface area contributed by atoms with Crippen molar-refractivity contribution in [2.75, 3.05) is 0 Å². The predicted molar refractivity (Wildman–Crippen MR) is 186 cm³/mol. The van der Waals surface area contributed by atoms with Crippen molar-refractivity contribution in [3.8, 4) is 17.1 Å². The second kappa shape index (κ2) is 9.79. The fourth-order valence-electron chi connectivity index (χ4n) is 6.81. The van der Waals surface area contributed by atoms with Crippen molar-refractivity contribution >= 4 is 64.1 Å². The number of imidazole rings is 1. The Labute approximate surface area is 260 Å². The van der Waals surface area contributed by atoms with E-state index in [2.05, 4.69) is 116 Å². The van der Waals surface area contributed by atoms with Crippen LogP contribution in [0.2, 0.25) is 0 Å². The first kappa shape index (κ1) is 23.0. The summed E-state index contributed by atoms with van der Waals surface area (Å²) in [5.74, 6) is 1.81. The summed E-state index contributed by atoms with van der Waals surface area (Å²) >= 11 is 1.84. The Balaban J connectivity index is 1.42. The number of nitrogens with zero attached hydrogens (tertiary/aromatic N) is 1. The van der Waals surface area contributed by atoms with Gasteiger partial charge in [0.1, 0.15) is 5.69 Å². The second-order valence-electron chi connectivity index (χ2n) is 12.3. The lowest BCUT2D eigenvalue weighted by atomic mass is 9.92. The maximum Gasteiger partial charge on any atom is 0.294 e. The molecule has 0 radical (unpaired) electrons. The molecule has 0 aliphatic carbocycles. The van der Waals surface area contributed by atoms with Gasteiger partial charge in [-0.3, -0.25) is 0 Å². The van der Waals surface area contributed by atoms with Crippen LogP contribution in [-0.2, 0) is 0 Å². The van der Waals surface area contributed by atoms with E-state index in [1.165, 1.54) is 48.1 Å². The third kappa shape index (κ3) is 4.02. The van der Waals surface area contributed by atoms with Crippen LogP contribution in [0.25, 0.3) is 69.8 Å². The van der Waals surface area contributed by atoms with E-state index in [4.69, 9.17) is 4.11 Å². The summed E-state index contributed by atoms with van der Waals surface area (Å²) in [6, 6.07) is 36.3. The standard InChI is InChI=1S/C40H34N2S/c1-23(2)28-10-8-11-29(24(3)4)38(28)42-36-15-7-6-14-35(36)41-40(42)32-13-9-12-31-34-22-33-27(21-37(34)43-39(31)32)18-17-26-20-25(5)16-19-30(26)33/h6-24H,1-5H3/p+1/i5D3. The predicted octanol–water partition coefficient (Wildman–Crippen LogP) is 11.3. The van der Waals surface area contributed by atoms with Crippen molar-refractivity contribution in [1.82, 2.24) is 4.98 Å². The van der Waals surface area contributed by atoms with E-state index in [0.717, 1.165) is 32.9 Å². The van der Waals surface area contributed by atoms with E-state index in [0.29, 0.717) is 17.4 Å². The minimum absolute atomic E-state index is 0.362. The molecule has 2 heterocycles. The number of rotatable bonds is 4. The highest BCUT2D eigenvalue weighted by Gasteiger charge is 2.29. The molecule has 0 aliphatic heterocycles. The minimum atomic E-state index is -2.13. The van der Waals surface area contributed by atoms with E-state index in [-0.39, 0.29) is 0 Å². The topological polar surface area (TPSA) is 19.7 Å². The molecular formula is C40H35N2S+. The highest BCUT2D eigenvalue weighted by molar-refractivity contribution is 7.26. The summed E-state index contributed by atoms with van der Waals surface area (Å²) in [4.78, 5) is 3.85. The van der Waals surface area contributed by atoms with Gasteiger partial charge in [0.05, 0.1) is 10.3 Å². The smallest absolute Gasteiger partial charge is 0.236 e. The van der Waals surface area contributed by atoms with E-state index in [1.54, 1.807) is 6.07 Å². The molecule has 0 saturated carbocycles. The van der Waals surface area contributed by atoms with Gasteiger partial charge in [0.25, 0.3) is 5.82 Å². The van der Waals surface area contributed by atoms with E-state index >= 15 is 0 Å². The maximum atomic E-state index is 7.88. The summed E-state index contributed by atoms with van der Waals surface area (Å²) < 4.78 is 28.6. The third-order valence-electron chi connectivity index (χ3n) is 8.90. The Morgan fingerprint density at radius 3 is 2.19 bits per heavy atom. The van der Waals surface area contributed by atoms with Gasteiger partial charge in [-0.15, -0.1) is 11.3 Å². The monoisotopic (exact) mass is 578 g/mol. The van der Waals surface area contributed by atoms with Crippen LogP contribution in [0.1, 0.15) is 60.3 Å². The van der Waals surface area contributed by atoms with Crippen LogP contribution in [0, 0.1) is 6.85 Å².